The van der Waals surface area contributed by atoms with E-state index < -0.39 is 5.97 Å². The van der Waals surface area contributed by atoms with Gasteiger partial charge in [0.2, 0.25) is 0 Å². The fourth-order valence-corrected chi connectivity index (χ4v) is 5.81. The molecule has 39 heavy (non-hydrogen) atoms. The zero-order valence-electron chi connectivity index (χ0n) is 24.1. The van der Waals surface area contributed by atoms with Gasteiger partial charge in [-0.25, -0.2) is 0 Å². The lowest BCUT2D eigenvalue weighted by molar-refractivity contribution is -0.192. The Labute approximate surface area is 235 Å². The second kappa shape index (κ2) is 18.7. The van der Waals surface area contributed by atoms with E-state index in [1.807, 2.05) is 12.2 Å². The van der Waals surface area contributed by atoms with Gasteiger partial charge in [0.25, 0.3) is 0 Å². The molecule has 6 atom stereocenters. The molecule has 7 heteroatoms. The molecule has 3 unspecified atom stereocenters. The van der Waals surface area contributed by atoms with E-state index in [0.717, 1.165) is 58.0 Å². The molecule has 2 saturated heterocycles. The first-order chi connectivity index (χ1) is 19.1. The predicted octanol–water partition coefficient (Wildman–Crippen LogP) is 7.13. The van der Waals surface area contributed by atoms with Crippen LogP contribution in [0.3, 0.4) is 0 Å². The first-order valence-corrected chi connectivity index (χ1v) is 15.7. The molecule has 222 valence electrons. The van der Waals surface area contributed by atoms with Crippen molar-refractivity contribution in [1.82, 2.24) is 0 Å². The number of carboxylic acids is 1. The van der Waals surface area contributed by atoms with E-state index >= 15 is 0 Å². The Bertz CT molecular complexity index is 752. The lowest BCUT2D eigenvalue weighted by Gasteiger charge is -2.29. The van der Waals surface area contributed by atoms with Crippen LogP contribution in [-0.4, -0.2) is 54.9 Å². The fourth-order valence-electron chi connectivity index (χ4n) is 5.81. The summed E-state index contributed by atoms with van der Waals surface area (Å²) in [6.45, 7) is 3.70. The van der Waals surface area contributed by atoms with Crippen LogP contribution in [0.1, 0.15) is 116 Å². The molecule has 2 heterocycles. The van der Waals surface area contributed by atoms with Crippen molar-refractivity contribution in [2.75, 3.05) is 13.2 Å². The zero-order valence-corrected chi connectivity index (χ0v) is 24.1. The number of aliphatic carboxylic acids is 1. The number of hydrogen-bond donors (Lipinski definition) is 1. The summed E-state index contributed by atoms with van der Waals surface area (Å²) in [5.74, 6) is -0.731. The number of ketones is 1. The number of unbranched alkanes of at least 4 members (excludes halogenated alkanes) is 5. The molecule has 1 aliphatic carbocycles. The Morgan fingerprint density at radius 1 is 1.00 bits per heavy atom. The van der Waals surface area contributed by atoms with Crippen LogP contribution in [0, 0.1) is 11.8 Å². The molecule has 0 aromatic carbocycles. The van der Waals surface area contributed by atoms with Crippen LogP contribution < -0.4 is 0 Å². The van der Waals surface area contributed by atoms with E-state index in [4.69, 9.17) is 24.1 Å². The van der Waals surface area contributed by atoms with E-state index in [9.17, 15) is 9.59 Å². The summed E-state index contributed by atoms with van der Waals surface area (Å²) < 4.78 is 24.6. The second-order valence-corrected chi connectivity index (χ2v) is 11.4. The number of hydrogen-bond acceptors (Lipinski definition) is 6. The minimum atomic E-state index is -0.773. The average Bonchev–Trinajstić information content (AvgIpc) is 3.23. The third kappa shape index (κ3) is 12.2. The van der Waals surface area contributed by atoms with Crippen molar-refractivity contribution in [1.29, 1.82) is 0 Å². The Balaban J connectivity index is 1.66. The molecule has 0 aromatic heterocycles. The van der Waals surface area contributed by atoms with Crippen LogP contribution in [0.4, 0.5) is 0 Å². The number of ether oxygens (including phenoxy) is 4. The molecule has 0 amide bonds. The van der Waals surface area contributed by atoms with Gasteiger partial charge < -0.3 is 24.1 Å². The van der Waals surface area contributed by atoms with Crippen LogP contribution in [0.25, 0.3) is 0 Å². The normalized spacial score (nSPS) is 28.9. The van der Waals surface area contributed by atoms with Crippen molar-refractivity contribution in [3.63, 3.8) is 0 Å². The predicted molar refractivity (Wildman–Crippen MR) is 151 cm³/mol. The molecule has 3 aliphatic rings. The summed E-state index contributed by atoms with van der Waals surface area (Å²) in [6, 6.07) is 0. The molecular formula is C32H52O7. The van der Waals surface area contributed by atoms with Gasteiger partial charge in [-0.1, -0.05) is 63.3 Å². The zero-order chi connectivity index (χ0) is 27.7. The van der Waals surface area contributed by atoms with E-state index in [0.29, 0.717) is 32.3 Å². The molecule has 3 rings (SSSR count). The molecular weight excluding hydrogens is 496 g/mol. The van der Waals surface area contributed by atoms with Crippen LogP contribution >= 0.6 is 0 Å². The standard InChI is InChI=1S/C32H52O7/c1-2-3-4-5-8-15-25(38-31-18-11-13-22-36-31)20-21-27-26(16-9-6-7-10-17-30(34)35)28(33)24-29(27)39-32-19-12-14-23-37-32/h6,9,20-21,25-27,29,31-32H,2-5,7-8,10-19,22-24H2,1H3,(H,34,35)/t25-,26+,27+,29?,31?,32?/m0/s1. The van der Waals surface area contributed by atoms with E-state index in [1.54, 1.807) is 0 Å². The molecule has 2 aliphatic heterocycles. The Morgan fingerprint density at radius 2 is 1.74 bits per heavy atom. The van der Waals surface area contributed by atoms with Crippen molar-refractivity contribution in [3.8, 4) is 0 Å². The molecule has 0 bridgehead atoms. The summed E-state index contributed by atoms with van der Waals surface area (Å²) in [5, 5.41) is 8.86. The Hall–Kier alpha value is -1.54. The van der Waals surface area contributed by atoms with Gasteiger partial charge in [0.1, 0.15) is 5.78 Å². The summed E-state index contributed by atoms with van der Waals surface area (Å²) in [5.41, 5.74) is 0. The molecule has 7 nitrogen and oxygen atoms in total. The van der Waals surface area contributed by atoms with E-state index in [1.165, 1.54) is 25.7 Å². The number of carbonyl (C=O) groups is 2. The molecule has 1 N–H and O–H groups in total. The minimum Gasteiger partial charge on any atom is -0.481 e. The van der Waals surface area contributed by atoms with Gasteiger partial charge in [0.05, 0.1) is 12.2 Å². The smallest absolute Gasteiger partial charge is 0.303 e. The van der Waals surface area contributed by atoms with Crippen LogP contribution in [0.15, 0.2) is 24.3 Å². The van der Waals surface area contributed by atoms with E-state index in [-0.39, 0.29) is 48.8 Å². The molecule has 0 spiro atoms. The maximum absolute atomic E-state index is 13.2. The Morgan fingerprint density at radius 3 is 2.44 bits per heavy atom. The van der Waals surface area contributed by atoms with Gasteiger partial charge in [-0.05, 0) is 64.2 Å². The highest BCUT2D eigenvalue weighted by Gasteiger charge is 2.42. The fraction of sp³-hybridized carbons (Fsp3) is 0.812. The first-order valence-electron chi connectivity index (χ1n) is 15.7. The monoisotopic (exact) mass is 548 g/mol. The molecule has 0 radical (unpaired) electrons. The van der Waals surface area contributed by atoms with Crippen molar-refractivity contribution in [3.05, 3.63) is 24.3 Å². The number of carbonyl (C=O) groups excluding carboxylic acids is 1. The summed E-state index contributed by atoms with van der Waals surface area (Å²) >= 11 is 0. The van der Waals surface area contributed by atoms with Gasteiger partial charge in [-0.3, -0.25) is 9.59 Å². The lowest BCUT2D eigenvalue weighted by atomic mass is 9.90. The van der Waals surface area contributed by atoms with Gasteiger partial charge in [0, 0.05) is 37.9 Å². The van der Waals surface area contributed by atoms with Crippen molar-refractivity contribution < 1.29 is 33.6 Å². The number of rotatable bonds is 18. The summed E-state index contributed by atoms with van der Waals surface area (Å²) in [4.78, 5) is 23.9. The van der Waals surface area contributed by atoms with Crippen LogP contribution in [-0.2, 0) is 28.5 Å². The second-order valence-electron chi connectivity index (χ2n) is 11.4. The van der Waals surface area contributed by atoms with Crippen molar-refractivity contribution >= 4 is 11.8 Å². The van der Waals surface area contributed by atoms with Crippen molar-refractivity contribution in [2.24, 2.45) is 11.8 Å². The van der Waals surface area contributed by atoms with Crippen LogP contribution in [0.5, 0.6) is 0 Å². The topological polar surface area (TPSA) is 91.3 Å². The van der Waals surface area contributed by atoms with Gasteiger partial charge in [0.15, 0.2) is 12.6 Å². The highest BCUT2D eigenvalue weighted by atomic mass is 16.7. The van der Waals surface area contributed by atoms with E-state index in [2.05, 4.69) is 19.1 Å². The quantitative estimate of drug-likeness (QED) is 0.144. The molecule has 1 saturated carbocycles. The SMILES string of the molecule is CCCCCCC[C@@H](C=C[C@H]1C(OC2CCCCO2)CC(=O)[C@@H]1CC=CCCCC(=O)O)OC1CCCCO1. The molecule has 3 fully saturated rings. The highest BCUT2D eigenvalue weighted by Crippen LogP contribution is 2.37. The van der Waals surface area contributed by atoms with Gasteiger partial charge >= 0.3 is 5.97 Å². The Kier molecular flexibility index (Phi) is 15.4. The van der Waals surface area contributed by atoms with Crippen LogP contribution in [0.2, 0.25) is 0 Å². The maximum Gasteiger partial charge on any atom is 0.303 e. The van der Waals surface area contributed by atoms with Crippen molar-refractivity contribution in [2.45, 2.75) is 141 Å². The number of allylic oxidation sites excluding steroid dienone is 2. The third-order valence-corrected chi connectivity index (χ3v) is 8.10. The minimum absolute atomic E-state index is 0.0369. The van der Waals surface area contributed by atoms with Gasteiger partial charge in [-0.2, -0.15) is 0 Å². The largest absolute Gasteiger partial charge is 0.481 e. The average molecular weight is 549 g/mol. The maximum atomic E-state index is 13.2. The third-order valence-electron chi connectivity index (χ3n) is 8.10. The molecule has 0 aromatic rings. The summed E-state index contributed by atoms with van der Waals surface area (Å²) in [7, 11) is 0. The summed E-state index contributed by atoms with van der Waals surface area (Å²) in [6.07, 6.45) is 23.5. The van der Waals surface area contributed by atoms with Gasteiger partial charge in [-0.15, -0.1) is 0 Å². The number of Topliss-reactive ketones (excluding diaryl/α,β-unsaturated/α-hetero) is 1. The lowest BCUT2D eigenvalue weighted by Crippen LogP contribution is -2.31. The first kappa shape index (κ1) is 32.0. The number of carboxylic acid groups (broad SMARTS) is 1. The highest BCUT2D eigenvalue weighted by molar-refractivity contribution is 5.85.